The minimum atomic E-state index is -4.12. The first-order valence-corrected chi connectivity index (χ1v) is 36.6. The van der Waals surface area contributed by atoms with E-state index in [9.17, 15) is 4.80 Å². The summed E-state index contributed by atoms with van der Waals surface area (Å²) in [6.45, 7) is 30.3. The molecule has 9 atom stereocenters. The van der Waals surface area contributed by atoms with Gasteiger partial charge in [0.2, 0.25) is 0 Å². The molecule has 4 fully saturated rings. The summed E-state index contributed by atoms with van der Waals surface area (Å²) in [4.78, 5) is 12.9. The van der Waals surface area contributed by atoms with E-state index < -0.39 is 71.2 Å². The molecule has 0 spiro atoms. The van der Waals surface area contributed by atoms with E-state index in [-0.39, 0.29) is 35.5 Å². The lowest BCUT2D eigenvalue weighted by Gasteiger charge is -2.57. The molecule has 0 aromatic heterocycles. The molecule has 9 unspecified atom stereocenters. The Morgan fingerprint density at radius 3 is 1.52 bits per heavy atom. The summed E-state index contributed by atoms with van der Waals surface area (Å²) >= 11 is 0. The highest BCUT2D eigenvalue weighted by Gasteiger charge is 2.75. The van der Waals surface area contributed by atoms with Crippen LogP contribution < -0.4 is 0 Å². The minimum absolute atomic E-state index is 0.0642. The molecular weight excluding hydrogens is 821 g/mol. The van der Waals surface area contributed by atoms with E-state index in [1.807, 2.05) is 0 Å². The van der Waals surface area contributed by atoms with E-state index in [0.717, 1.165) is 18.4 Å². The standard InChI is InChI=1S/C35H74O11Si8/c1-27(2)21-49(36)40-50(22-28(3)4)37-47-38-51(23-29(5)6)43-52(24-30(7)8,39-48(13,14)18-17-35-20-33-15-16-34(35)19-33)45-53(41-49,25-31(9)10)46-54(42-50,44-51)26-32(11)12/h15-16,27-36H,17-26H2,1-14H3. The SMILES string of the molecule is CC(C)C[Si]1(O)O[Si]2(CC(C)C)O[Si]O[Si]3(CC(C)C)O[Si](CC(C)C)(O[Si](C)(C)CCC4CC5C=CC4C5)O[Si](CC(C)C)(O1)O[Si](CC(C)C)(O2)O3. The third kappa shape index (κ3) is 11.9. The Bertz CT molecular complexity index is 1300. The van der Waals surface area contributed by atoms with Crippen molar-refractivity contribution < 1.29 is 45.9 Å². The molecule has 54 heavy (non-hydrogen) atoms. The van der Waals surface area contributed by atoms with Crippen LogP contribution in [0.4, 0.5) is 0 Å². The van der Waals surface area contributed by atoms with Crippen molar-refractivity contribution in [1.29, 1.82) is 0 Å². The summed E-state index contributed by atoms with van der Waals surface area (Å²) in [5, 5.41) is 0. The van der Waals surface area contributed by atoms with Gasteiger partial charge in [0, 0.05) is 36.3 Å². The van der Waals surface area contributed by atoms with E-state index in [1.54, 1.807) is 0 Å². The van der Waals surface area contributed by atoms with Gasteiger partial charge in [-0.2, -0.15) is 0 Å². The third-order valence-corrected chi connectivity index (χ3v) is 44.0. The van der Waals surface area contributed by atoms with Crippen LogP contribution in [0.3, 0.4) is 0 Å². The fourth-order valence-corrected chi connectivity index (χ4v) is 49.2. The number of hydrogen-bond donors (Lipinski definition) is 1. The van der Waals surface area contributed by atoms with Gasteiger partial charge < -0.3 is 45.9 Å². The first-order valence-electron chi connectivity index (χ1n) is 21.0. The maximum atomic E-state index is 12.9. The molecule has 0 aromatic rings. The predicted molar refractivity (Wildman–Crippen MR) is 227 cm³/mol. The van der Waals surface area contributed by atoms with Gasteiger partial charge in [-0.3, -0.25) is 0 Å². The molecule has 19 heteroatoms. The molecule has 0 amide bonds. The average Bonchev–Trinajstić information content (AvgIpc) is 3.54. The van der Waals surface area contributed by atoms with Gasteiger partial charge >= 0.3 is 62.8 Å². The number of rotatable bonds is 17. The fraction of sp³-hybridized carbons (Fsp3) is 0.943. The van der Waals surface area contributed by atoms with Gasteiger partial charge in [0.25, 0.3) is 0 Å². The molecule has 0 aromatic carbocycles. The highest BCUT2D eigenvalue weighted by Crippen LogP contribution is 2.50. The van der Waals surface area contributed by atoms with Crippen LogP contribution in [0.5, 0.6) is 0 Å². The van der Waals surface area contributed by atoms with Crippen molar-refractivity contribution in [3.05, 3.63) is 12.2 Å². The first-order chi connectivity index (χ1) is 24.9. The zero-order valence-electron chi connectivity index (χ0n) is 36.0. The summed E-state index contributed by atoms with van der Waals surface area (Å²) in [5.41, 5.74) is 0. The maximum Gasteiger partial charge on any atom is 0.483 e. The van der Waals surface area contributed by atoms with Crippen molar-refractivity contribution in [3.8, 4) is 0 Å². The van der Waals surface area contributed by atoms with Crippen LogP contribution in [0.25, 0.3) is 0 Å². The van der Waals surface area contributed by atoms with E-state index in [0.29, 0.717) is 48.1 Å². The van der Waals surface area contributed by atoms with Crippen LogP contribution in [0, 0.1) is 53.3 Å². The molecule has 11 nitrogen and oxygen atoms in total. The van der Waals surface area contributed by atoms with Crippen molar-refractivity contribution in [2.24, 2.45) is 53.3 Å². The molecule has 5 aliphatic rings. The van der Waals surface area contributed by atoms with Gasteiger partial charge in [-0.15, -0.1) is 0 Å². The highest BCUT2D eigenvalue weighted by atomic mass is 28.6. The molecule has 2 aliphatic carbocycles. The summed E-state index contributed by atoms with van der Waals surface area (Å²) in [7, 11) is -26.2. The monoisotopic (exact) mass is 894 g/mol. The topological polar surface area (TPSA) is 113 Å². The second kappa shape index (κ2) is 17.6. The lowest BCUT2D eigenvalue weighted by atomic mass is 9.91. The van der Waals surface area contributed by atoms with Gasteiger partial charge in [0.05, 0.1) is 0 Å². The maximum absolute atomic E-state index is 12.9. The fourth-order valence-electron chi connectivity index (χ4n) is 9.11. The molecule has 2 radical (unpaired) electrons. The quantitative estimate of drug-likeness (QED) is 0.112. The molecule has 1 N–H and O–H groups in total. The Hall–Kier alpha value is 1.04. The third-order valence-electron chi connectivity index (χ3n) is 10.5. The van der Waals surface area contributed by atoms with Gasteiger partial charge in [-0.1, -0.05) is 102 Å². The lowest BCUT2D eigenvalue weighted by Crippen LogP contribution is -2.81. The summed E-state index contributed by atoms with van der Waals surface area (Å²) < 4.78 is 74.0. The summed E-state index contributed by atoms with van der Waals surface area (Å²) in [6.07, 6.45) is 8.56. The van der Waals surface area contributed by atoms with Crippen LogP contribution in [0.15, 0.2) is 12.2 Å². The van der Waals surface area contributed by atoms with Gasteiger partial charge in [-0.05, 0) is 85.2 Å². The summed E-state index contributed by atoms with van der Waals surface area (Å²) in [6, 6.07) is 3.76. The second-order valence-electron chi connectivity index (χ2n) is 20.2. The molecular formula is C35H74O11Si8. The zero-order valence-corrected chi connectivity index (χ0v) is 44.0. The van der Waals surface area contributed by atoms with Crippen molar-refractivity contribution in [3.63, 3.8) is 0 Å². The van der Waals surface area contributed by atoms with Crippen LogP contribution in [0.2, 0.25) is 55.4 Å². The average molecular weight is 896 g/mol. The van der Waals surface area contributed by atoms with Gasteiger partial charge in [-0.25, -0.2) is 0 Å². The zero-order chi connectivity index (χ0) is 40.0. The van der Waals surface area contributed by atoms with E-state index in [4.69, 9.17) is 41.2 Å². The van der Waals surface area contributed by atoms with Crippen LogP contribution >= 0.6 is 0 Å². The molecule has 3 aliphatic heterocycles. The van der Waals surface area contributed by atoms with Crippen molar-refractivity contribution in [2.75, 3.05) is 0 Å². The van der Waals surface area contributed by atoms with Crippen molar-refractivity contribution in [1.82, 2.24) is 0 Å². The highest BCUT2D eigenvalue weighted by molar-refractivity contribution is 6.97. The van der Waals surface area contributed by atoms with Crippen LogP contribution in [0.1, 0.15) is 102 Å². The van der Waals surface area contributed by atoms with Crippen molar-refractivity contribution >= 4 is 71.2 Å². The van der Waals surface area contributed by atoms with E-state index in [1.165, 1.54) is 12.8 Å². The van der Waals surface area contributed by atoms with E-state index >= 15 is 0 Å². The summed E-state index contributed by atoms with van der Waals surface area (Å²) in [5.74, 6) is 2.87. The Morgan fingerprint density at radius 2 is 1.04 bits per heavy atom. The molecule has 3 heterocycles. The minimum Gasteiger partial charge on any atom is -0.416 e. The number of fused-ring (bicyclic) bond motifs is 5. The van der Waals surface area contributed by atoms with Crippen LogP contribution in [-0.4, -0.2) is 75.9 Å². The largest absolute Gasteiger partial charge is 0.483 e. The van der Waals surface area contributed by atoms with Crippen LogP contribution in [-0.2, 0) is 41.2 Å². The molecule has 5 rings (SSSR count). The van der Waals surface area contributed by atoms with Gasteiger partial charge in [0.15, 0.2) is 8.32 Å². The molecule has 312 valence electrons. The molecule has 1 saturated carbocycles. The first kappa shape index (κ1) is 46.1. The smallest absolute Gasteiger partial charge is 0.416 e. The Balaban J connectivity index is 1.71. The lowest BCUT2D eigenvalue weighted by molar-refractivity contribution is 0.0206. The Kier molecular flexibility index (Phi) is 15.0. The Labute approximate surface area is 338 Å². The van der Waals surface area contributed by atoms with Gasteiger partial charge in [0.1, 0.15) is 0 Å². The predicted octanol–water partition coefficient (Wildman–Crippen LogP) is 9.10. The molecule has 6 bridgehead atoms. The molecule has 3 saturated heterocycles. The Morgan fingerprint density at radius 1 is 0.593 bits per heavy atom. The van der Waals surface area contributed by atoms with Crippen molar-refractivity contribution in [2.45, 2.75) is 158 Å². The number of allylic oxidation sites excluding steroid dienone is 2. The second-order valence-corrected chi connectivity index (χ2v) is 43.2. The van der Waals surface area contributed by atoms with E-state index in [2.05, 4.69) is 108 Å². The normalized spacial score (nSPS) is 40.0. The number of hydrogen-bond acceptors (Lipinski definition) is 11.